The van der Waals surface area contributed by atoms with E-state index < -0.39 is 12.0 Å². The van der Waals surface area contributed by atoms with Crippen molar-refractivity contribution in [1.82, 2.24) is 0 Å². The van der Waals surface area contributed by atoms with Crippen molar-refractivity contribution in [3.05, 3.63) is 30.3 Å². The molecule has 6 heteroatoms. The highest BCUT2D eigenvalue weighted by Crippen LogP contribution is 2.16. The Balaban J connectivity index is 0.000000621. The third kappa shape index (κ3) is 15.5. The Labute approximate surface area is 202 Å². The summed E-state index contributed by atoms with van der Waals surface area (Å²) in [6.45, 7) is 15.0. The zero-order valence-electron chi connectivity index (χ0n) is 21.6. The number of hydrogen-bond donors (Lipinski definition) is 2. The number of carbonyl (C=O) groups excluding carboxylic acids is 2. The maximum atomic E-state index is 11.4. The normalized spacial score (nSPS) is 11.9. The predicted molar refractivity (Wildman–Crippen MR) is 137 cm³/mol. The van der Waals surface area contributed by atoms with Gasteiger partial charge in [-0.1, -0.05) is 71.6 Å². The average molecular weight is 464 g/mol. The fourth-order valence-electron chi connectivity index (χ4n) is 3.79. The van der Waals surface area contributed by atoms with E-state index in [9.17, 15) is 14.7 Å². The van der Waals surface area contributed by atoms with Gasteiger partial charge in [0.25, 0.3) is 0 Å². The molecule has 3 N–H and O–H groups in total. The summed E-state index contributed by atoms with van der Waals surface area (Å²) in [5.74, 6) is -1.60. The van der Waals surface area contributed by atoms with Crippen molar-refractivity contribution in [2.75, 3.05) is 31.5 Å². The van der Waals surface area contributed by atoms with Crippen LogP contribution in [0.25, 0.3) is 0 Å². The minimum atomic E-state index is -1.34. The van der Waals surface area contributed by atoms with Crippen LogP contribution in [0.5, 0.6) is 0 Å². The molecule has 0 saturated heterocycles. The van der Waals surface area contributed by atoms with Gasteiger partial charge in [-0.3, -0.25) is 4.79 Å². The van der Waals surface area contributed by atoms with Gasteiger partial charge in [-0.05, 0) is 44.2 Å². The number of rotatable bonds is 17. The number of unbranched alkanes of at least 4 members (excludes halogenated alkanes) is 4. The first-order valence-corrected chi connectivity index (χ1v) is 13.0. The molecule has 1 atom stereocenters. The van der Waals surface area contributed by atoms with Gasteiger partial charge in [0, 0.05) is 18.2 Å². The minimum Gasteiger partial charge on any atom is -0.548 e. The number of nitrogens with two attached hydrogens (primary N) is 1. The summed E-state index contributed by atoms with van der Waals surface area (Å²) >= 11 is 0. The summed E-state index contributed by atoms with van der Waals surface area (Å²) in [7, 11) is 0. The average Bonchev–Trinajstić information content (AvgIpc) is 2.82. The smallest absolute Gasteiger partial charge is 0.224 e. The van der Waals surface area contributed by atoms with Crippen molar-refractivity contribution in [2.24, 2.45) is 5.73 Å². The summed E-state index contributed by atoms with van der Waals surface area (Å²) in [4.78, 5) is 21.7. The van der Waals surface area contributed by atoms with Gasteiger partial charge in [0.1, 0.15) is 0 Å². The van der Waals surface area contributed by atoms with Crippen LogP contribution >= 0.6 is 0 Å². The largest absolute Gasteiger partial charge is 0.548 e. The second-order valence-electron chi connectivity index (χ2n) is 9.03. The van der Waals surface area contributed by atoms with Crippen molar-refractivity contribution < 1.29 is 19.2 Å². The summed E-state index contributed by atoms with van der Waals surface area (Å²) < 4.78 is 1.42. The van der Waals surface area contributed by atoms with Crippen molar-refractivity contribution in [3.63, 3.8) is 0 Å². The first-order chi connectivity index (χ1) is 15.8. The molecule has 190 valence electrons. The Morgan fingerprint density at radius 2 is 1.27 bits per heavy atom. The zero-order chi connectivity index (χ0) is 25.0. The van der Waals surface area contributed by atoms with E-state index in [1.807, 2.05) is 6.07 Å². The molecule has 1 amide bonds. The molecule has 0 aliphatic rings. The second-order valence-corrected chi connectivity index (χ2v) is 9.03. The Kier molecular flexibility index (Phi) is 18.4. The van der Waals surface area contributed by atoms with Gasteiger partial charge in [0.15, 0.2) is 0 Å². The van der Waals surface area contributed by atoms with Crippen LogP contribution in [-0.2, 0) is 9.59 Å². The molecule has 0 aromatic heterocycles. The van der Waals surface area contributed by atoms with E-state index in [1.165, 1.54) is 82.0 Å². The molecule has 0 bridgehead atoms. The monoisotopic (exact) mass is 463 g/mol. The number of carbonyl (C=O) groups is 2. The van der Waals surface area contributed by atoms with Crippen molar-refractivity contribution in [2.45, 2.75) is 97.9 Å². The molecule has 6 nitrogen and oxygen atoms in total. The Morgan fingerprint density at radius 1 is 0.848 bits per heavy atom. The Hall–Kier alpha value is -1.92. The van der Waals surface area contributed by atoms with Crippen LogP contribution in [-0.4, -0.2) is 48.6 Å². The molecule has 0 radical (unpaired) electrons. The van der Waals surface area contributed by atoms with E-state index in [-0.39, 0.29) is 18.7 Å². The molecule has 0 aliphatic carbocycles. The van der Waals surface area contributed by atoms with E-state index in [1.54, 1.807) is 24.3 Å². The van der Waals surface area contributed by atoms with E-state index in [0.29, 0.717) is 5.69 Å². The lowest BCUT2D eigenvalue weighted by molar-refractivity contribution is -0.929. The Bertz CT molecular complexity index is 585. The van der Waals surface area contributed by atoms with Crippen LogP contribution in [0.3, 0.4) is 0 Å². The number of aliphatic carboxylic acids is 1. The molecule has 33 heavy (non-hydrogen) atoms. The highest BCUT2D eigenvalue weighted by Gasteiger charge is 2.24. The van der Waals surface area contributed by atoms with Crippen LogP contribution in [0, 0.1) is 0 Å². The lowest BCUT2D eigenvalue weighted by Crippen LogP contribution is -2.50. The summed E-state index contributed by atoms with van der Waals surface area (Å²) in [5.41, 5.74) is 5.89. The number of amides is 1. The summed E-state index contributed by atoms with van der Waals surface area (Å²) in [5, 5.41) is 12.9. The number of nitrogens with one attached hydrogen (secondary N) is 1. The van der Waals surface area contributed by atoms with Gasteiger partial charge < -0.3 is 25.4 Å². The maximum absolute atomic E-state index is 11.4. The molecule has 0 spiro atoms. The standard InChI is InChI=1S/C16H36N.C11H14N2O3/c1-5-9-13-17(14-10-6-2,15-11-7-3)16-12-8-4;12-9(11(15)16)6-7-10(14)13-8-4-2-1-3-5-8/h5-16H2,1-4H3;1-5,9H,6-7,12H2,(H,13,14)(H,15,16)/q+1;/p-1/t;9-/m.0/s1. The number of carboxylic acids is 1. The molecule has 1 aromatic carbocycles. The highest BCUT2D eigenvalue weighted by molar-refractivity contribution is 5.90. The third-order valence-electron chi connectivity index (χ3n) is 5.99. The summed E-state index contributed by atoms with van der Waals surface area (Å²) in [6.07, 6.45) is 11.2. The van der Waals surface area contributed by atoms with Crippen molar-refractivity contribution in [1.29, 1.82) is 0 Å². The van der Waals surface area contributed by atoms with Gasteiger partial charge in [0.2, 0.25) is 5.91 Å². The zero-order valence-corrected chi connectivity index (χ0v) is 21.6. The number of benzene rings is 1. The van der Waals surface area contributed by atoms with Crippen molar-refractivity contribution >= 4 is 17.6 Å². The lowest BCUT2D eigenvalue weighted by Gasteiger charge is -2.39. The van der Waals surface area contributed by atoms with E-state index in [4.69, 9.17) is 5.73 Å². The molecular weight excluding hydrogens is 414 g/mol. The molecule has 0 unspecified atom stereocenters. The second kappa shape index (κ2) is 19.5. The molecule has 0 heterocycles. The fourth-order valence-corrected chi connectivity index (χ4v) is 3.79. The van der Waals surface area contributed by atoms with E-state index in [0.717, 1.165) is 0 Å². The SMILES string of the molecule is CCCC[N+](CCCC)(CCCC)CCCC.N[C@@H](CCC(=O)Nc1ccccc1)C(=O)[O-]. The fraction of sp³-hybridized carbons (Fsp3) is 0.704. The quantitative estimate of drug-likeness (QED) is 0.333. The number of para-hydroxylation sites is 1. The predicted octanol–water partition coefficient (Wildman–Crippen LogP) is 4.49. The molecular formula is C27H49N3O3. The third-order valence-corrected chi connectivity index (χ3v) is 5.99. The van der Waals surface area contributed by atoms with E-state index in [2.05, 4.69) is 33.0 Å². The Morgan fingerprint density at radius 3 is 1.64 bits per heavy atom. The van der Waals surface area contributed by atoms with Crippen LogP contribution in [0.15, 0.2) is 30.3 Å². The number of hydrogen-bond acceptors (Lipinski definition) is 4. The molecule has 1 rings (SSSR count). The molecule has 0 aliphatic heterocycles. The number of anilines is 1. The topological polar surface area (TPSA) is 95.2 Å². The van der Waals surface area contributed by atoms with E-state index >= 15 is 0 Å². The van der Waals surface area contributed by atoms with Crippen LogP contribution in [0.2, 0.25) is 0 Å². The lowest BCUT2D eigenvalue weighted by atomic mass is 10.1. The first-order valence-electron chi connectivity index (χ1n) is 13.0. The highest BCUT2D eigenvalue weighted by atomic mass is 16.4. The number of nitrogens with zero attached hydrogens (tertiary/aromatic N) is 1. The first kappa shape index (κ1) is 31.1. The number of quaternary nitrogens is 1. The van der Waals surface area contributed by atoms with Crippen LogP contribution in [0.1, 0.15) is 91.9 Å². The van der Waals surface area contributed by atoms with Crippen LogP contribution in [0.4, 0.5) is 5.69 Å². The van der Waals surface area contributed by atoms with Crippen LogP contribution < -0.4 is 16.2 Å². The number of carboxylic acid groups (broad SMARTS) is 1. The molecule has 0 fully saturated rings. The van der Waals surface area contributed by atoms with Gasteiger partial charge >= 0.3 is 0 Å². The molecule has 0 saturated carbocycles. The minimum absolute atomic E-state index is 0.0596. The van der Waals surface area contributed by atoms with Crippen molar-refractivity contribution in [3.8, 4) is 0 Å². The van der Waals surface area contributed by atoms with Gasteiger partial charge in [-0.15, -0.1) is 0 Å². The van der Waals surface area contributed by atoms with Gasteiger partial charge in [0.05, 0.1) is 32.1 Å². The summed E-state index contributed by atoms with van der Waals surface area (Å²) in [6, 6.07) is 7.82. The van der Waals surface area contributed by atoms with Gasteiger partial charge in [-0.2, -0.15) is 0 Å². The molecule has 1 aromatic rings. The maximum Gasteiger partial charge on any atom is 0.224 e. The van der Waals surface area contributed by atoms with Gasteiger partial charge in [-0.25, -0.2) is 0 Å².